The molecule has 0 fully saturated rings. The van der Waals surface area contributed by atoms with E-state index in [1.165, 1.54) is 6.92 Å². The number of anilines is 1. The van der Waals surface area contributed by atoms with Crippen LogP contribution in [0.25, 0.3) is 16.8 Å². The van der Waals surface area contributed by atoms with E-state index in [0.29, 0.717) is 11.3 Å². The topological polar surface area (TPSA) is 68.5 Å². The van der Waals surface area contributed by atoms with Gasteiger partial charge < -0.3 is 10.1 Å². The summed E-state index contributed by atoms with van der Waals surface area (Å²) in [5.41, 5.74) is 3.09. The van der Waals surface area contributed by atoms with Crippen molar-refractivity contribution in [2.24, 2.45) is 0 Å². The van der Waals surface area contributed by atoms with Crippen LogP contribution in [0.15, 0.2) is 36.5 Å². The van der Waals surface area contributed by atoms with Crippen LogP contribution >= 0.6 is 0 Å². The predicted molar refractivity (Wildman–Crippen MR) is 84.0 cm³/mol. The first-order valence-electron chi connectivity index (χ1n) is 6.86. The lowest BCUT2D eigenvalue weighted by molar-refractivity contribution is -0.114. The van der Waals surface area contributed by atoms with Crippen molar-refractivity contribution in [2.75, 3.05) is 12.4 Å². The van der Waals surface area contributed by atoms with Crippen LogP contribution < -0.4 is 10.1 Å². The first kappa shape index (κ1) is 14.1. The van der Waals surface area contributed by atoms with Gasteiger partial charge in [-0.15, -0.1) is 10.2 Å². The van der Waals surface area contributed by atoms with Crippen LogP contribution in [0.1, 0.15) is 12.7 Å². The van der Waals surface area contributed by atoms with Crippen LogP contribution in [0.4, 0.5) is 5.69 Å². The lowest BCUT2D eigenvalue weighted by atomic mass is 10.1. The number of hydrogen-bond acceptors (Lipinski definition) is 4. The number of methoxy groups -OCH3 is 1. The number of amides is 1. The molecule has 1 aromatic carbocycles. The normalized spacial score (nSPS) is 10.7. The van der Waals surface area contributed by atoms with Crippen molar-refractivity contribution < 1.29 is 9.53 Å². The highest BCUT2D eigenvalue weighted by Crippen LogP contribution is 2.32. The van der Waals surface area contributed by atoms with E-state index in [1.54, 1.807) is 7.11 Å². The van der Waals surface area contributed by atoms with Gasteiger partial charge in [0.25, 0.3) is 0 Å². The number of rotatable bonds is 3. The maximum Gasteiger partial charge on any atom is 0.221 e. The minimum Gasteiger partial charge on any atom is -0.496 e. The molecule has 1 amide bonds. The standard InChI is InChI=1S/C16H16N4O2/c1-10-18-19-16-14(17-11(2)21)8-12(9-20(10)16)13-6-4-5-7-15(13)22-3/h4-9H,1-3H3,(H,17,21). The number of ether oxygens (including phenoxy) is 1. The highest BCUT2D eigenvalue weighted by Gasteiger charge is 2.13. The molecular formula is C16H16N4O2. The zero-order valence-electron chi connectivity index (χ0n) is 12.6. The molecule has 0 unspecified atom stereocenters. The number of nitrogens with zero attached hydrogens (tertiary/aromatic N) is 3. The first-order chi connectivity index (χ1) is 10.6. The van der Waals surface area contributed by atoms with Gasteiger partial charge in [-0.25, -0.2) is 0 Å². The fraction of sp³-hybridized carbons (Fsp3) is 0.188. The molecule has 2 heterocycles. The van der Waals surface area contributed by atoms with Crippen molar-refractivity contribution in [1.82, 2.24) is 14.6 Å². The summed E-state index contributed by atoms with van der Waals surface area (Å²) < 4.78 is 7.27. The van der Waals surface area contributed by atoms with Gasteiger partial charge in [0.2, 0.25) is 5.91 Å². The van der Waals surface area contributed by atoms with Crippen LogP contribution in [0.3, 0.4) is 0 Å². The third-order valence-electron chi connectivity index (χ3n) is 3.40. The van der Waals surface area contributed by atoms with Crippen molar-refractivity contribution in [3.05, 3.63) is 42.4 Å². The number of nitrogens with one attached hydrogen (secondary N) is 1. The number of aryl methyl sites for hydroxylation is 1. The van der Waals surface area contributed by atoms with Gasteiger partial charge in [0.05, 0.1) is 12.8 Å². The number of benzene rings is 1. The molecule has 112 valence electrons. The monoisotopic (exact) mass is 296 g/mol. The minimum absolute atomic E-state index is 0.153. The second-order valence-electron chi connectivity index (χ2n) is 4.96. The highest BCUT2D eigenvalue weighted by atomic mass is 16.5. The Balaban J connectivity index is 2.26. The number of para-hydroxylation sites is 1. The van der Waals surface area contributed by atoms with Crippen molar-refractivity contribution in [3.8, 4) is 16.9 Å². The SMILES string of the molecule is COc1ccccc1-c1cc(NC(C)=O)c2nnc(C)n2c1. The molecule has 0 spiro atoms. The van der Waals surface area contributed by atoms with Crippen LogP contribution in [0.5, 0.6) is 5.75 Å². The number of aromatic nitrogens is 3. The van der Waals surface area contributed by atoms with Gasteiger partial charge >= 0.3 is 0 Å². The maximum atomic E-state index is 11.4. The molecule has 0 atom stereocenters. The third kappa shape index (κ3) is 2.39. The Morgan fingerprint density at radius 2 is 2.05 bits per heavy atom. The summed E-state index contributed by atoms with van der Waals surface area (Å²) in [6.45, 7) is 3.33. The summed E-state index contributed by atoms with van der Waals surface area (Å²) in [5, 5.41) is 11.0. The van der Waals surface area contributed by atoms with Gasteiger partial charge in [-0.1, -0.05) is 18.2 Å². The van der Waals surface area contributed by atoms with E-state index in [1.807, 2.05) is 47.9 Å². The largest absolute Gasteiger partial charge is 0.496 e. The number of fused-ring (bicyclic) bond motifs is 1. The lowest BCUT2D eigenvalue weighted by Gasteiger charge is -2.11. The molecule has 0 radical (unpaired) electrons. The average molecular weight is 296 g/mol. The minimum atomic E-state index is -0.153. The molecule has 0 aliphatic rings. The molecule has 3 aromatic rings. The molecule has 6 heteroatoms. The van der Waals surface area contributed by atoms with Gasteiger partial charge in [0, 0.05) is 24.2 Å². The average Bonchev–Trinajstić information content (AvgIpc) is 2.88. The molecule has 3 rings (SSSR count). The summed E-state index contributed by atoms with van der Waals surface area (Å²) in [5.74, 6) is 1.36. The smallest absolute Gasteiger partial charge is 0.221 e. The van der Waals surface area contributed by atoms with E-state index < -0.39 is 0 Å². The summed E-state index contributed by atoms with van der Waals surface area (Å²) in [4.78, 5) is 11.4. The van der Waals surface area contributed by atoms with Crippen LogP contribution in [0.2, 0.25) is 0 Å². The van der Waals surface area contributed by atoms with Crippen LogP contribution in [-0.4, -0.2) is 27.6 Å². The Bertz CT molecular complexity index is 854. The number of carbonyl (C=O) groups is 1. The van der Waals surface area contributed by atoms with Gasteiger partial charge in [-0.3, -0.25) is 9.20 Å². The zero-order valence-corrected chi connectivity index (χ0v) is 12.6. The fourth-order valence-electron chi connectivity index (χ4n) is 2.42. The molecule has 6 nitrogen and oxygen atoms in total. The molecule has 1 N–H and O–H groups in total. The lowest BCUT2D eigenvalue weighted by Crippen LogP contribution is -2.08. The van der Waals surface area contributed by atoms with Crippen molar-refractivity contribution in [3.63, 3.8) is 0 Å². The highest BCUT2D eigenvalue weighted by molar-refractivity contribution is 5.94. The molecular weight excluding hydrogens is 280 g/mol. The molecule has 0 aliphatic heterocycles. The van der Waals surface area contributed by atoms with Gasteiger partial charge in [-0.2, -0.15) is 0 Å². The van der Waals surface area contributed by atoms with Crippen molar-refractivity contribution in [1.29, 1.82) is 0 Å². The quantitative estimate of drug-likeness (QED) is 0.807. The summed E-state index contributed by atoms with van der Waals surface area (Å²) in [6.07, 6.45) is 1.94. The fourth-order valence-corrected chi connectivity index (χ4v) is 2.42. The third-order valence-corrected chi connectivity index (χ3v) is 3.40. The van der Waals surface area contributed by atoms with E-state index in [2.05, 4.69) is 15.5 Å². The Labute approximate surface area is 127 Å². The van der Waals surface area contributed by atoms with Gasteiger partial charge in [-0.05, 0) is 19.1 Å². The zero-order chi connectivity index (χ0) is 15.7. The molecule has 0 aliphatic carbocycles. The second kappa shape index (κ2) is 5.48. The van der Waals surface area contributed by atoms with Crippen molar-refractivity contribution >= 4 is 17.2 Å². The Hall–Kier alpha value is -2.89. The summed E-state index contributed by atoms with van der Waals surface area (Å²) >= 11 is 0. The predicted octanol–water partition coefficient (Wildman–Crippen LogP) is 2.67. The van der Waals surface area contributed by atoms with Crippen LogP contribution in [-0.2, 0) is 4.79 Å². The molecule has 2 aromatic heterocycles. The summed E-state index contributed by atoms with van der Waals surface area (Å²) in [6, 6.07) is 9.61. The Kier molecular flexibility index (Phi) is 3.50. The van der Waals surface area contributed by atoms with E-state index in [9.17, 15) is 4.79 Å². The second-order valence-corrected chi connectivity index (χ2v) is 4.96. The Morgan fingerprint density at radius 3 is 2.77 bits per heavy atom. The van der Waals surface area contributed by atoms with E-state index in [-0.39, 0.29) is 5.91 Å². The molecule has 22 heavy (non-hydrogen) atoms. The van der Waals surface area contributed by atoms with E-state index in [4.69, 9.17) is 4.74 Å². The van der Waals surface area contributed by atoms with E-state index >= 15 is 0 Å². The summed E-state index contributed by atoms with van der Waals surface area (Å²) in [7, 11) is 1.64. The number of hydrogen-bond donors (Lipinski definition) is 1. The van der Waals surface area contributed by atoms with E-state index in [0.717, 1.165) is 22.7 Å². The molecule has 0 bridgehead atoms. The number of carbonyl (C=O) groups excluding carboxylic acids is 1. The number of pyridine rings is 1. The van der Waals surface area contributed by atoms with Crippen LogP contribution in [0, 0.1) is 6.92 Å². The van der Waals surface area contributed by atoms with Crippen molar-refractivity contribution in [2.45, 2.75) is 13.8 Å². The molecule has 0 saturated carbocycles. The maximum absolute atomic E-state index is 11.4. The molecule has 0 saturated heterocycles. The van der Waals surface area contributed by atoms with Gasteiger partial charge in [0.15, 0.2) is 5.65 Å². The van der Waals surface area contributed by atoms with Gasteiger partial charge in [0.1, 0.15) is 11.6 Å². The first-order valence-corrected chi connectivity index (χ1v) is 6.86. The Morgan fingerprint density at radius 1 is 1.27 bits per heavy atom.